The Labute approximate surface area is 178 Å². The largest absolute Gasteiger partial charge is 0.374 e. The van der Waals surface area contributed by atoms with Crippen LogP contribution in [0.4, 0.5) is 5.69 Å². The monoisotopic (exact) mass is 403 g/mol. The Morgan fingerprint density at radius 3 is 2.07 bits per heavy atom. The fourth-order valence-corrected chi connectivity index (χ4v) is 4.60. The van der Waals surface area contributed by atoms with Gasteiger partial charge in [-0.25, -0.2) is 4.90 Å². The van der Waals surface area contributed by atoms with Gasteiger partial charge < -0.3 is 9.80 Å². The van der Waals surface area contributed by atoms with Crippen molar-refractivity contribution < 1.29 is 9.59 Å². The zero-order valence-electron chi connectivity index (χ0n) is 18.2. The number of amides is 2. The lowest BCUT2D eigenvalue weighted by molar-refractivity contribution is -0.112. The first kappa shape index (κ1) is 20.4. The predicted molar refractivity (Wildman–Crippen MR) is 121 cm³/mol. The predicted octanol–water partition coefficient (Wildman–Crippen LogP) is 3.78. The fraction of sp³-hybridized carbons (Fsp3) is 0.360. The van der Waals surface area contributed by atoms with E-state index in [1.807, 2.05) is 63.4 Å². The molecule has 2 amide bonds. The Balaban J connectivity index is 1.80. The van der Waals surface area contributed by atoms with Crippen LogP contribution < -0.4 is 4.90 Å². The topological polar surface area (TPSA) is 43.9 Å². The van der Waals surface area contributed by atoms with Crippen LogP contribution in [-0.2, 0) is 4.79 Å². The van der Waals surface area contributed by atoms with Gasteiger partial charge in [-0.15, -0.1) is 0 Å². The van der Waals surface area contributed by atoms with Crippen molar-refractivity contribution in [3.05, 3.63) is 70.4 Å². The number of carbonyl (C=O) groups excluding carboxylic acids is 2. The zero-order valence-corrected chi connectivity index (χ0v) is 18.2. The molecule has 0 aromatic heterocycles. The van der Waals surface area contributed by atoms with E-state index >= 15 is 0 Å². The Kier molecular flexibility index (Phi) is 5.48. The lowest BCUT2D eigenvalue weighted by Crippen LogP contribution is -2.46. The molecule has 30 heavy (non-hydrogen) atoms. The number of rotatable bonds is 3. The second kappa shape index (κ2) is 8.07. The number of carbonyl (C=O) groups is 2. The molecule has 0 bridgehead atoms. The van der Waals surface area contributed by atoms with Crippen LogP contribution in [0, 0.1) is 20.8 Å². The van der Waals surface area contributed by atoms with Crippen molar-refractivity contribution in [1.82, 2.24) is 9.80 Å². The maximum Gasteiger partial charge on any atom is 0.267 e. The molecule has 2 aromatic rings. The number of fused-ring (bicyclic) bond motifs is 1. The highest BCUT2D eigenvalue weighted by atomic mass is 16.2. The van der Waals surface area contributed by atoms with Crippen molar-refractivity contribution in [2.45, 2.75) is 27.7 Å². The normalized spacial score (nSPS) is 18.9. The first-order valence-electron chi connectivity index (χ1n) is 10.6. The van der Waals surface area contributed by atoms with E-state index in [4.69, 9.17) is 0 Å². The zero-order chi connectivity index (χ0) is 21.4. The standard InChI is InChI=1S/C25H29N3O2/c1-5-26-10-12-27(13-11-26)16-22-20-8-6-7-9-21(20)24(29)28(25(22)30)23-18(3)14-17(2)15-19(23)4/h6-9,14-16H,5,10-13H2,1-4H3. The van der Waals surface area contributed by atoms with E-state index in [2.05, 4.69) is 16.7 Å². The summed E-state index contributed by atoms with van der Waals surface area (Å²) in [4.78, 5) is 33.1. The van der Waals surface area contributed by atoms with Crippen LogP contribution in [-0.4, -0.2) is 54.3 Å². The van der Waals surface area contributed by atoms with E-state index in [1.54, 1.807) is 0 Å². The highest BCUT2D eigenvalue weighted by molar-refractivity contribution is 6.41. The van der Waals surface area contributed by atoms with Crippen molar-refractivity contribution >= 4 is 23.1 Å². The number of anilines is 1. The van der Waals surface area contributed by atoms with Gasteiger partial charge in [0.15, 0.2) is 0 Å². The van der Waals surface area contributed by atoms with E-state index in [1.165, 1.54) is 4.90 Å². The maximum absolute atomic E-state index is 13.7. The first-order valence-corrected chi connectivity index (χ1v) is 10.6. The minimum absolute atomic E-state index is 0.244. The summed E-state index contributed by atoms with van der Waals surface area (Å²) in [7, 11) is 0. The first-order chi connectivity index (χ1) is 14.4. The molecule has 5 heteroatoms. The average Bonchev–Trinajstić information content (AvgIpc) is 2.73. The molecule has 1 fully saturated rings. The van der Waals surface area contributed by atoms with E-state index in [0.717, 1.165) is 55.0 Å². The van der Waals surface area contributed by atoms with Crippen LogP contribution in [0.15, 0.2) is 42.6 Å². The third kappa shape index (κ3) is 3.54. The van der Waals surface area contributed by atoms with Gasteiger partial charge in [0.25, 0.3) is 11.8 Å². The Morgan fingerprint density at radius 2 is 1.47 bits per heavy atom. The molecule has 156 valence electrons. The number of likely N-dealkylation sites (N-methyl/N-ethyl adjacent to an activating group) is 1. The summed E-state index contributed by atoms with van der Waals surface area (Å²) in [5.41, 5.74) is 5.59. The molecule has 0 saturated carbocycles. The van der Waals surface area contributed by atoms with E-state index in [-0.39, 0.29) is 11.8 Å². The average molecular weight is 404 g/mol. The third-order valence-electron chi connectivity index (χ3n) is 6.11. The van der Waals surface area contributed by atoms with Crippen LogP contribution in [0.1, 0.15) is 39.5 Å². The summed E-state index contributed by atoms with van der Waals surface area (Å²) in [6.45, 7) is 12.9. The van der Waals surface area contributed by atoms with Crippen molar-refractivity contribution in [3.8, 4) is 0 Å². The lowest BCUT2D eigenvalue weighted by Gasteiger charge is -2.35. The van der Waals surface area contributed by atoms with Crippen LogP contribution >= 0.6 is 0 Å². The van der Waals surface area contributed by atoms with Crippen molar-refractivity contribution in [3.63, 3.8) is 0 Å². The number of nitrogens with zero attached hydrogens (tertiary/aromatic N) is 3. The van der Waals surface area contributed by atoms with Crippen LogP contribution in [0.2, 0.25) is 0 Å². The smallest absolute Gasteiger partial charge is 0.267 e. The number of imide groups is 1. The van der Waals surface area contributed by atoms with Gasteiger partial charge in [-0.2, -0.15) is 0 Å². The van der Waals surface area contributed by atoms with Crippen LogP contribution in [0.25, 0.3) is 5.57 Å². The van der Waals surface area contributed by atoms with Crippen molar-refractivity contribution in [1.29, 1.82) is 0 Å². The van der Waals surface area contributed by atoms with Gasteiger partial charge in [0.05, 0.1) is 11.3 Å². The van der Waals surface area contributed by atoms with Gasteiger partial charge in [-0.05, 0) is 44.5 Å². The molecule has 0 spiro atoms. The summed E-state index contributed by atoms with van der Waals surface area (Å²) < 4.78 is 0. The van der Waals surface area contributed by atoms with Crippen molar-refractivity contribution in [2.24, 2.45) is 0 Å². The molecular formula is C25H29N3O2. The Bertz CT molecular complexity index is 1010. The third-order valence-corrected chi connectivity index (χ3v) is 6.11. The number of benzene rings is 2. The molecule has 0 radical (unpaired) electrons. The number of hydrogen-bond donors (Lipinski definition) is 0. The minimum atomic E-state index is -0.251. The molecule has 0 atom stereocenters. The molecular weight excluding hydrogens is 374 g/mol. The van der Waals surface area contributed by atoms with E-state index in [9.17, 15) is 9.59 Å². The van der Waals surface area contributed by atoms with Crippen molar-refractivity contribution in [2.75, 3.05) is 37.6 Å². The molecule has 4 rings (SSSR count). The van der Waals surface area contributed by atoms with Gasteiger partial charge in [0.1, 0.15) is 0 Å². The molecule has 5 nitrogen and oxygen atoms in total. The van der Waals surface area contributed by atoms with Crippen LogP contribution in [0.5, 0.6) is 0 Å². The molecule has 0 aliphatic carbocycles. The molecule has 1 saturated heterocycles. The molecule has 2 heterocycles. The Hall–Kier alpha value is -2.92. The van der Waals surface area contributed by atoms with Gasteiger partial charge in [0.2, 0.25) is 0 Å². The molecule has 2 aromatic carbocycles. The maximum atomic E-state index is 13.7. The summed E-state index contributed by atoms with van der Waals surface area (Å²) in [6.07, 6.45) is 1.96. The van der Waals surface area contributed by atoms with Gasteiger partial charge >= 0.3 is 0 Å². The molecule has 0 unspecified atom stereocenters. The SMILES string of the molecule is CCN1CCN(C=C2C(=O)N(c3c(C)cc(C)cc3C)C(=O)c3ccccc32)CC1. The van der Waals surface area contributed by atoms with E-state index < -0.39 is 0 Å². The molecule has 2 aliphatic heterocycles. The molecule has 0 N–H and O–H groups in total. The quantitative estimate of drug-likeness (QED) is 0.578. The summed E-state index contributed by atoms with van der Waals surface area (Å²) in [6, 6.07) is 11.5. The number of aryl methyl sites for hydroxylation is 3. The second-order valence-corrected chi connectivity index (χ2v) is 8.25. The number of hydrogen-bond acceptors (Lipinski definition) is 4. The molecule has 2 aliphatic rings. The highest BCUT2D eigenvalue weighted by Crippen LogP contribution is 2.36. The number of piperazine rings is 1. The summed E-state index contributed by atoms with van der Waals surface area (Å²) in [5, 5.41) is 0. The van der Waals surface area contributed by atoms with Gasteiger partial charge in [-0.3, -0.25) is 9.59 Å². The van der Waals surface area contributed by atoms with Gasteiger partial charge in [-0.1, -0.05) is 42.8 Å². The fourth-order valence-electron chi connectivity index (χ4n) is 4.60. The lowest BCUT2D eigenvalue weighted by atomic mass is 9.92. The second-order valence-electron chi connectivity index (χ2n) is 8.25. The minimum Gasteiger partial charge on any atom is -0.374 e. The van der Waals surface area contributed by atoms with Crippen LogP contribution in [0.3, 0.4) is 0 Å². The highest BCUT2D eigenvalue weighted by Gasteiger charge is 2.37. The summed E-state index contributed by atoms with van der Waals surface area (Å²) in [5.74, 6) is -0.495. The van der Waals surface area contributed by atoms with Gasteiger partial charge in [0, 0.05) is 43.5 Å². The summed E-state index contributed by atoms with van der Waals surface area (Å²) >= 11 is 0. The Morgan fingerprint density at radius 1 is 0.867 bits per heavy atom. The van der Waals surface area contributed by atoms with E-state index in [0.29, 0.717) is 16.8 Å².